The molecule has 1 aliphatic carbocycles. The molecule has 2 aromatic rings. The van der Waals surface area contributed by atoms with E-state index in [-0.39, 0.29) is 35.3 Å². The van der Waals surface area contributed by atoms with E-state index in [0.717, 1.165) is 31.7 Å². The summed E-state index contributed by atoms with van der Waals surface area (Å²) in [5.74, 6) is -1.67. The lowest BCUT2D eigenvalue weighted by Crippen LogP contribution is -2.35. The SMILES string of the molecule is CCCCn1nc(C(=O)N(Cc2ccc(F)cc2F)C2CC2)ccc1=O. The van der Waals surface area contributed by atoms with Crippen LogP contribution in [0.15, 0.2) is 35.1 Å². The molecule has 138 valence electrons. The average molecular weight is 361 g/mol. The summed E-state index contributed by atoms with van der Waals surface area (Å²) in [4.78, 5) is 26.3. The van der Waals surface area contributed by atoms with Gasteiger partial charge in [-0.3, -0.25) is 9.59 Å². The number of carbonyl (C=O) groups is 1. The highest BCUT2D eigenvalue weighted by molar-refractivity contribution is 5.92. The van der Waals surface area contributed by atoms with Crippen molar-refractivity contribution in [2.45, 2.75) is 51.7 Å². The summed E-state index contributed by atoms with van der Waals surface area (Å²) in [7, 11) is 0. The molecular weight excluding hydrogens is 340 g/mol. The summed E-state index contributed by atoms with van der Waals surface area (Å²) in [6.45, 7) is 2.50. The molecule has 0 bridgehead atoms. The van der Waals surface area contributed by atoms with Crippen LogP contribution in [0.2, 0.25) is 0 Å². The maximum atomic E-state index is 14.0. The summed E-state index contributed by atoms with van der Waals surface area (Å²) in [6, 6.07) is 6.10. The van der Waals surface area contributed by atoms with Gasteiger partial charge in [0.2, 0.25) is 0 Å². The quantitative estimate of drug-likeness (QED) is 0.761. The lowest BCUT2D eigenvalue weighted by Gasteiger charge is -2.22. The van der Waals surface area contributed by atoms with Gasteiger partial charge in [0.15, 0.2) is 0 Å². The second-order valence-electron chi connectivity index (χ2n) is 6.53. The standard InChI is InChI=1S/C19H21F2N3O2/c1-2-3-10-24-18(25)9-8-17(22-24)19(26)23(15-6-7-15)12-13-4-5-14(20)11-16(13)21/h4-5,8-9,11,15H,2-3,6-7,10,12H2,1H3. The van der Waals surface area contributed by atoms with Gasteiger partial charge in [-0.2, -0.15) is 5.10 Å². The van der Waals surface area contributed by atoms with E-state index in [1.54, 1.807) is 4.90 Å². The number of rotatable bonds is 7. The first-order valence-corrected chi connectivity index (χ1v) is 8.82. The van der Waals surface area contributed by atoms with Crippen molar-refractivity contribution in [3.63, 3.8) is 0 Å². The minimum absolute atomic E-state index is 0.0183. The Morgan fingerprint density at radius 1 is 1.27 bits per heavy atom. The molecule has 5 nitrogen and oxygen atoms in total. The van der Waals surface area contributed by atoms with Crippen LogP contribution in [0.3, 0.4) is 0 Å². The Morgan fingerprint density at radius 2 is 2.04 bits per heavy atom. The second-order valence-corrected chi connectivity index (χ2v) is 6.53. The molecule has 0 saturated heterocycles. The molecule has 26 heavy (non-hydrogen) atoms. The van der Waals surface area contributed by atoms with Crippen LogP contribution in [0.5, 0.6) is 0 Å². The minimum atomic E-state index is -0.677. The Labute approximate surface area is 150 Å². The van der Waals surface area contributed by atoms with Crippen molar-refractivity contribution in [3.8, 4) is 0 Å². The zero-order valence-corrected chi connectivity index (χ0v) is 14.6. The Hall–Kier alpha value is -2.57. The summed E-state index contributed by atoms with van der Waals surface area (Å²) < 4.78 is 28.4. The number of benzene rings is 1. The van der Waals surface area contributed by atoms with E-state index in [4.69, 9.17) is 0 Å². The van der Waals surface area contributed by atoms with Gasteiger partial charge in [0, 0.05) is 36.8 Å². The summed E-state index contributed by atoms with van der Waals surface area (Å²) in [6.07, 6.45) is 3.37. The fourth-order valence-electron chi connectivity index (χ4n) is 2.76. The fraction of sp³-hybridized carbons (Fsp3) is 0.421. The van der Waals surface area contributed by atoms with Gasteiger partial charge < -0.3 is 4.90 Å². The third-order valence-electron chi connectivity index (χ3n) is 4.41. The highest BCUT2D eigenvalue weighted by atomic mass is 19.1. The molecular formula is C19H21F2N3O2. The Morgan fingerprint density at radius 3 is 2.69 bits per heavy atom. The van der Waals surface area contributed by atoms with Crippen molar-refractivity contribution in [1.82, 2.24) is 14.7 Å². The second kappa shape index (κ2) is 7.76. The van der Waals surface area contributed by atoms with Crippen LogP contribution in [0.1, 0.15) is 48.7 Å². The van der Waals surface area contributed by atoms with Crippen molar-refractivity contribution >= 4 is 5.91 Å². The van der Waals surface area contributed by atoms with E-state index >= 15 is 0 Å². The predicted molar refractivity (Wildman–Crippen MR) is 92.7 cm³/mol. The summed E-state index contributed by atoms with van der Waals surface area (Å²) in [5.41, 5.74) is 0.165. The molecule has 1 fully saturated rings. The first kappa shape index (κ1) is 18.2. The monoisotopic (exact) mass is 361 g/mol. The van der Waals surface area contributed by atoms with E-state index in [9.17, 15) is 18.4 Å². The van der Waals surface area contributed by atoms with Crippen LogP contribution in [0.4, 0.5) is 8.78 Å². The largest absolute Gasteiger partial charge is 0.330 e. The highest BCUT2D eigenvalue weighted by Gasteiger charge is 2.34. The number of amides is 1. The molecule has 0 aliphatic heterocycles. The molecule has 3 rings (SSSR count). The van der Waals surface area contributed by atoms with Gasteiger partial charge in [-0.15, -0.1) is 0 Å². The van der Waals surface area contributed by atoms with E-state index in [2.05, 4.69) is 5.10 Å². The molecule has 1 aromatic carbocycles. The molecule has 0 unspecified atom stereocenters. The Kier molecular flexibility index (Phi) is 5.44. The Bertz CT molecular complexity index is 862. The number of hydrogen-bond acceptors (Lipinski definition) is 3. The number of nitrogens with zero attached hydrogens (tertiary/aromatic N) is 3. The van der Waals surface area contributed by atoms with Crippen molar-refractivity contribution < 1.29 is 13.6 Å². The van der Waals surface area contributed by atoms with E-state index in [0.29, 0.717) is 6.54 Å². The van der Waals surface area contributed by atoms with Crippen molar-refractivity contribution in [2.75, 3.05) is 0 Å². The summed E-state index contributed by atoms with van der Waals surface area (Å²) in [5, 5.41) is 4.18. The zero-order chi connectivity index (χ0) is 18.7. The Balaban J connectivity index is 1.84. The van der Waals surface area contributed by atoms with Gasteiger partial charge >= 0.3 is 0 Å². The molecule has 1 heterocycles. The third kappa shape index (κ3) is 4.15. The smallest absolute Gasteiger partial charge is 0.274 e. The lowest BCUT2D eigenvalue weighted by molar-refractivity contribution is 0.0719. The lowest BCUT2D eigenvalue weighted by atomic mass is 10.2. The topological polar surface area (TPSA) is 55.2 Å². The van der Waals surface area contributed by atoms with Crippen LogP contribution < -0.4 is 5.56 Å². The molecule has 0 atom stereocenters. The maximum absolute atomic E-state index is 14.0. The van der Waals surface area contributed by atoms with E-state index in [1.165, 1.54) is 28.9 Å². The average Bonchev–Trinajstić information content (AvgIpc) is 3.45. The molecule has 1 aliphatic rings. The number of carbonyl (C=O) groups excluding carboxylic acids is 1. The number of aromatic nitrogens is 2. The molecule has 0 spiro atoms. The van der Waals surface area contributed by atoms with Gasteiger partial charge in [-0.05, 0) is 31.4 Å². The minimum Gasteiger partial charge on any atom is -0.330 e. The first-order chi connectivity index (χ1) is 12.5. The molecule has 0 N–H and O–H groups in total. The van der Waals surface area contributed by atoms with Crippen LogP contribution in [0, 0.1) is 11.6 Å². The predicted octanol–water partition coefficient (Wildman–Crippen LogP) is 3.13. The zero-order valence-electron chi connectivity index (χ0n) is 14.6. The van der Waals surface area contributed by atoms with Crippen molar-refractivity contribution in [3.05, 3.63) is 63.6 Å². The van der Waals surface area contributed by atoms with Gasteiger partial charge in [0.25, 0.3) is 11.5 Å². The van der Waals surface area contributed by atoms with Gasteiger partial charge in [-0.25, -0.2) is 13.5 Å². The third-order valence-corrected chi connectivity index (χ3v) is 4.41. The number of aryl methyl sites for hydroxylation is 1. The maximum Gasteiger partial charge on any atom is 0.274 e. The van der Waals surface area contributed by atoms with Crippen LogP contribution in [0.25, 0.3) is 0 Å². The molecule has 0 radical (unpaired) electrons. The number of halogens is 2. The molecule has 1 saturated carbocycles. The van der Waals surface area contributed by atoms with Gasteiger partial charge in [0.1, 0.15) is 17.3 Å². The van der Waals surface area contributed by atoms with Crippen molar-refractivity contribution in [1.29, 1.82) is 0 Å². The van der Waals surface area contributed by atoms with Gasteiger partial charge in [-0.1, -0.05) is 19.4 Å². The molecule has 7 heteroatoms. The van der Waals surface area contributed by atoms with Gasteiger partial charge in [0.05, 0.1) is 0 Å². The van der Waals surface area contributed by atoms with E-state index < -0.39 is 11.6 Å². The highest BCUT2D eigenvalue weighted by Crippen LogP contribution is 2.30. The van der Waals surface area contributed by atoms with Crippen LogP contribution in [-0.4, -0.2) is 26.6 Å². The molecule has 1 aromatic heterocycles. The van der Waals surface area contributed by atoms with Crippen LogP contribution in [-0.2, 0) is 13.1 Å². The van der Waals surface area contributed by atoms with Crippen molar-refractivity contribution in [2.24, 2.45) is 0 Å². The number of unbranched alkanes of at least 4 members (excludes halogenated alkanes) is 1. The van der Waals surface area contributed by atoms with E-state index in [1.807, 2.05) is 6.92 Å². The van der Waals surface area contributed by atoms with Crippen LogP contribution >= 0.6 is 0 Å². The fourth-order valence-corrected chi connectivity index (χ4v) is 2.76. The first-order valence-electron chi connectivity index (χ1n) is 8.82. The summed E-state index contributed by atoms with van der Waals surface area (Å²) >= 11 is 0. The molecule has 1 amide bonds. The number of hydrogen-bond donors (Lipinski definition) is 0. The normalized spacial score (nSPS) is 13.7.